The first-order valence-corrected chi connectivity index (χ1v) is 5.15. The van der Waals surface area contributed by atoms with E-state index in [4.69, 9.17) is 0 Å². The van der Waals surface area contributed by atoms with Crippen LogP contribution < -0.4 is 5.32 Å². The molecule has 0 unspecified atom stereocenters. The van der Waals surface area contributed by atoms with Crippen LogP contribution >= 0.6 is 0 Å². The summed E-state index contributed by atoms with van der Waals surface area (Å²) in [4.78, 5) is 11.6. The van der Waals surface area contributed by atoms with Crippen LogP contribution in [0.3, 0.4) is 0 Å². The molecule has 1 aliphatic carbocycles. The van der Waals surface area contributed by atoms with E-state index in [1.807, 2.05) is 30.3 Å². The van der Waals surface area contributed by atoms with E-state index in [9.17, 15) is 4.79 Å². The lowest BCUT2D eigenvalue weighted by Gasteiger charge is -2.02. The maximum atomic E-state index is 11.6. The Labute approximate surface area is 84.3 Å². The van der Waals surface area contributed by atoms with Gasteiger partial charge in [0.1, 0.15) is 0 Å². The van der Waals surface area contributed by atoms with Gasteiger partial charge in [0, 0.05) is 5.56 Å². The van der Waals surface area contributed by atoms with Crippen molar-refractivity contribution < 1.29 is 4.79 Å². The lowest BCUT2D eigenvalue weighted by molar-refractivity contribution is 0.0991. The fraction of sp³-hybridized carbons (Fsp3) is 0.417. The van der Waals surface area contributed by atoms with E-state index < -0.39 is 0 Å². The number of Topliss-reactive ketones (excluding diaryl/α,β-unsaturated/α-hetero) is 1. The van der Waals surface area contributed by atoms with Gasteiger partial charge in [0.2, 0.25) is 0 Å². The second kappa shape index (κ2) is 4.38. The molecule has 74 valence electrons. The Kier molecular flexibility index (Phi) is 2.94. The minimum absolute atomic E-state index is 0.186. The summed E-state index contributed by atoms with van der Waals surface area (Å²) in [6, 6.07) is 9.44. The third kappa shape index (κ3) is 2.67. The highest BCUT2D eigenvalue weighted by atomic mass is 16.1. The van der Waals surface area contributed by atoms with Crippen molar-refractivity contribution >= 4 is 5.78 Å². The summed E-state index contributed by atoms with van der Waals surface area (Å²) in [6.45, 7) is 1.47. The summed E-state index contributed by atoms with van der Waals surface area (Å²) in [7, 11) is 0. The quantitative estimate of drug-likeness (QED) is 0.716. The third-order valence-electron chi connectivity index (χ3n) is 2.51. The van der Waals surface area contributed by atoms with Crippen molar-refractivity contribution in [3.8, 4) is 0 Å². The molecule has 14 heavy (non-hydrogen) atoms. The lowest BCUT2D eigenvalue weighted by Crippen LogP contribution is -2.24. The zero-order valence-corrected chi connectivity index (χ0v) is 8.20. The van der Waals surface area contributed by atoms with Crippen molar-refractivity contribution in [1.29, 1.82) is 0 Å². The molecule has 0 aliphatic heterocycles. The van der Waals surface area contributed by atoms with Crippen LogP contribution in [0.1, 0.15) is 23.2 Å². The summed E-state index contributed by atoms with van der Waals surface area (Å²) in [6.07, 6.45) is 2.65. The Hall–Kier alpha value is -1.15. The normalized spacial score (nSPS) is 15.4. The first kappa shape index (κ1) is 9.41. The molecule has 1 N–H and O–H groups in total. The van der Waals surface area contributed by atoms with E-state index in [0.717, 1.165) is 18.0 Å². The van der Waals surface area contributed by atoms with Crippen molar-refractivity contribution in [2.24, 2.45) is 5.92 Å². The average molecular weight is 189 g/mol. The van der Waals surface area contributed by atoms with Gasteiger partial charge in [-0.1, -0.05) is 30.3 Å². The molecule has 1 fully saturated rings. The first-order valence-electron chi connectivity index (χ1n) is 5.15. The van der Waals surface area contributed by atoms with Gasteiger partial charge in [0.05, 0.1) is 6.54 Å². The van der Waals surface area contributed by atoms with Gasteiger partial charge in [0.25, 0.3) is 0 Å². The summed E-state index contributed by atoms with van der Waals surface area (Å²) in [5.74, 6) is 1.02. The van der Waals surface area contributed by atoms with Crippen LogP contribution in [0.25, 0.3) is 0 Å². The molecule has 1 saturated carbocycles. The fourth-order valence-electron chi connectivity index (χ4n) is 1.44. The van der Waals surface area contributed by atoms with Gasteiger partial charge in [-0.3, -0.25) is 4.79 Å². The minimum Gasteiger partial charge on any atom is -0.309 e. The first-order chi connectivity index (χ1) is 6.86. The van der Waals surface area contributed by atoms with Gasteiger partial charge in [-0.15, -0.1) is 0 Å². The zero-order valence-electron chi connectivity index (χ0n) is 8.20. The molecule has 1 aliphatic rings. The molecular formula is C12H15NO. The van der Waals surface area contributed by atoms with Crippen molar-refractivity contribution in [2.45, 2.75) is 12.8 Å². The molecule has 2 heteroatoms. The van der Waals surface area contributed by atoms with Crippen LogP contribution in [0, 0.1) is 5.92 Å². The standard InChI is InChI=1S/C12H15NO/c14-12(9-13-8-10-6-7-10)11-4-2-1-3-5-11/h1-5,10,13H,6-9H2. The maximum Gasteiger partial charge on any atom is 0.176 e. The highest BCUT2D eigenvalue weighted by Crippen LogP contribution is 2.27. The second-order valence-electron chi connectivity index (χ2n) is 3.86. The summed E-state index contributed by atoms with van der Waals surface area (Å²) >= 11 is 0. The molecule has 0 spiro atoms. The van der Waals surface area contributed by atoms with Crippen molar-refractivity contribution in [3.63, 3.8) is 0 Å². The largest absolute Gasteiger partial charge is 0.309 e. The van der Waals surface area contributed by atoms with Gasteiger partial charge in [-0.05, 0) is 25.3 Å². The van der Waals surface area contributed by atoms with E-state index in [1.165, 1.54) is 12.8 Å². The molecule has 0 heterocycles. The van der Waals surface area contributed by atoms with Gasteiger partial charge in [-0.25, -0.2) is 0 Å². The van der Waals surface area contributed by atoms with Crippen LogP contribution in [-0.2, 0) is 0 Å². The highest BCUT2D eigenvalue weighted by Gasteiger charge is 2.20. The van der Waals surface area contributed by atoms with Gasteiger partial charge in [-0.2, -0.15) is 0 Å². The maximum absolute atomic E-state index is 11.6. The van der Waals surface area contributed by atoms with E-state index in [1.54, 1.807) is 0 Å². The number of rotatable bonds is 5. The molecule has 1 aromatic carbocycles. The van der Waals surface area contributed by atoms with Gasteiger partial charge < -0.3 is 5.32 Å². The fourth-order valence-corrected chi connectivity index (χ4v) is 1.44. The minimum atomic E-state index is 0.186. The summed E-state index contributed by atoms with van der Waals surface area (Å²) < 4.78 is 0. The van der Waals surface area contributed by atoms with E-state index in [0.29, 0.717) is 6.54 Å². The molecule has 0 atom stereocenters. The van der Waals surface area contributed by atoms with E-state index in [-0.39, 0.29) is 5.78 Å². The van der Waals surface area contributed by atoms with Crippen LogP contribution in [-0.4, -0.2) is 18.9 Å². The molecule has 1 aromatic rings. The van der Waals surface area contributed by atoms with E-state index >= 15 is 0 Å². The molecule has 0 saturated heterocycles. The SMILES string of the molecule is O=C(CNCC1CC1)c1ccccc1. The van der Waals surface area contributed by atoms with Crippen LogP contribution in [0.2, 0.25) is 0 Å². The number of hydrogen-bond donors (Lipinski definition) is 1. The van der Waals surface area contributed by atoms with Crippen molar-refractivity contribution in [1.82, 2.24) is 5.32 Å². The molecule has 0 bridgehead atoms. The number of benzene rings is 1. The topological polar surface area (TPSA) is 29.1 Å². The lowest BCUT2D eigenvalue weighted by atomic mass is 10.1. The Balaban J connectivity index is 1.77. The number of carbonyl (C=O) groups excluding carboxylic acids is 1. The Bertz CT molecular complexity index is 303. The molecule has 0 aromatic heterocycles. The van der Waals surface area contributed by atoms with Gasteiger partial charge >= 0.3 is 0 Å². The van der Waals surface area contributed by atoms with Crippen LogP contribution in [0.5, 0.6) is 0 Å². The number of ketones is 1. The monoisotopic (exact) mass is 189 g/mol. The zero-order chi connectivity index (χ0) is 9.80. The Morgan fingerprint density at radius 3 is 2.64 bits per heavy atom. The molecule has 0 radical (unpaired) electrons. The second-order valence-corrected chi connectivity index (χ2v) is 3.86. The molecule has 2 rings (SSSR count). The van der Waals surface area contributed by atoms with Crippen molar-refractivity contribution in [2.75, 3.05) is 13.1 Å². The number of nitrogens with one attached hydrogen (secondary N) is 1. The summed E-state index contributed by atoms with van der Waals surface area (Å²) in [5.41, 5.74) is 0.802. The summed E-state index contributed by atoms with van der Waals surface area (Å²) in [5, 5.41) is 3.20. The molecular weight excluding hydrogens is 174 g/mol. The predicted octanol–water partition coefficient (Wildman–Crippen LogP) is 1.87. The van der Waals surface area contributed by atoms with E-state index in [2.05, 4.69) is 5.32 Å². The third-order valence-corrected chi connectivity index (χ3v) is 2.51. The van der Waals surface area contributed by atoms with Crippen molar-refractivity contribution in [3.05, 3.63) is 35.9 Å². The molecule has 0 amide bonds. The Morgan fingerprint density at radius 2 is 2.00 bits per heavy atom. The predicted molar refractivity (Wildman–Crippen MR) is 56.4 cm³/mol. The van der Waals surface area contributed by atoms with Crippen LogP contribution in [0.4, 0.5) is 0 Å². The van der Waals surface area contributed by atoms with Crippen LogP contribution in [0.15, 0.2) is 30.3 Å². The van der Waals surface area contributed by atoms with Gasteiger partial charge in [0.15, 0.2) is 5.78 Å². The highest BCUT2D eigenvalue weighted by molar-refractivity contribution is 5.97. The number of hydrogen-bond acceptors (Lipinski definition) is 2. The average Bonchev–Trinajstić information content (AvgIpc) is 3.03. The number of carbonyl (C=O) groups is 1. The Morgan fingerprint density at radius 1 is 1.29 bits per heavy atom. The smallest absolute Gasteiger partial charge is 0.176 e. The molecule has 2 nitrogen and oxygen atoms in total.